The van der Waals surface area contributed by atoms with Crippen LogP contribution in [0.4, 0.5) is 0 Å². The number of sulfone groups is 2. The molecule has 0 amide bonds. The monoisotopic (exact) mass is 329 g/mol. The van der Waals surface area contributed by atoms with Gasteiger partial charge in [0.15, 0.2) is 19.7 Å². The van der Waals surface area contributed by atoms with Crippen molar-refractivity contribution >= 4 is 19.7 Å². The Morgan fingerprint density at radius 2 is 1.81 bits per heavy atom. The van der Waals surface area contributed by atoms with E-state index in [0.29, 0.717) is 24.3 Å². The van der Waals surface area contributed by atoms with Crippen LogP contribution >= 0.6 is 0 Å². The van der Waals surface area contributed by atoms with Gasteiger partial charge >= 0.3 is 0 Å². The van der Waals surface area contributed by atoms with E-state index in [0.717, 1.165) is 5.56 Å². The van der Waals surface area contributed by atoms with Crippen LogP contribution in [0.2, 0.25) is 0 Å². The standard InChI is InChI=1S/C14H19NO4S2/c16-20(17)7-5-11(10-20)9-15-13-6-8-21(18,19)14-4-2-1-3-12(13)14/h1-4,11,13,15H,5-10H2. The summed E-state index contributed by atoms with van der Waals surface area (Å²) in [6, 6.07) is 7.07. The van der Waals surface area contributed by atoms with Gasteiger partial charge in [0, 0.05) is 6.04 Å². The third-order valence-corrected chi connectivity index (χ3v) is 7.94. The number of rotatable bonds is 3. The smallest absolute Gasteiger partial charge is 0.178 e. The summed E-state index contributed by atoms with van der Waals surface area (Å²) in [6.45, 7) is 0.623. The molecular weight excluding hydrogens is 310 g/mol. The summed E-state index contributed by atoms with van der Waals surface area (Å²) < 4.78 is 47.1. The minimum atomic E-state index is -3.17. The largest absolute Gasteiger partial charge is 0.310 e. The summed E-state index contributed by atoms with van der Waals surface area (Å²) in [6.07, 6.45) is 1.24. The lowest BCUT2D eigenvalue weighted by Gasteiger charge is -2.27. The Kier molecular flexibility index (Phi) is 3.83. The zero-order chi connectivity index (χ0) is 15.1. The summed E-state index contributed by atoms with van der Waals surface area (Å²) in [5, 5.41) is 3.37. The van der Waals surface area contributed by atoms with Crippen molar-refractivity contribution in [3.63, 3.8) is 0 Å². The summed E-state index contributed by atoms with van der Waals surface area (Å²) >= 11 is 0. The maximum Gasteiger partial charge on any atom is 0.178 e. The predicted molar refractivity (Wildman–Crippen MR) is 80.6 cm³/mol. The molecule has 21 heavy (non-hydrogen) atoms. The molecule has 1 aromatic rings. The molecule has 5 nitrogen and oxygen atoms in total. The van der Waals surface area contributed by atoms with Crippen LogP contribution in [0.15, 0.2) is 29.2 Å². The molecule has 1 fully saturated rings. The van der Waals surface area contributed by atoms with E-state index in [1.807, 2.05) is 12.1 Å². The number of fused-ring (bicyclic) bond motifs is 1. The Balaban J connectivity index is 1.73. The van der Waals surface area contributed by atoms with Gasteiger partial charge in [-0.2, -0.15) is 0 Å². The summed E-state index contributed by atoms with van der Waals surface area (Å²) in [5.74, 6) is 0.799. The van der Waals surface area contributed by atoms with Gasteiger partial charge in [0.2, 0.25) is 0 Å². The van der Waals surface area contributed by atoms with E-state index in [1.165, 1.54) is 0 Å². The van der Waals surface area contributed by atoms with Crippen molar-refractivity contribution in [2.24, 2.45) is 5.92 Å². The van der Waals surface area contributed by atoms with E-state index >= 15 is 0 Å². The molecule has 0 bridgehead atoms. The van der Waals surface area contributed by atoms with Gasteiger partial charge in [0.1, 0.15) is 0 Å². The van der Waals surface area contributed by atoms with Crippen LogP contribution in [0.3, 0.4) is 0 Å². The molecule has 116 valence electrons. The minimum Gasteiger partial charge on any atom is -0.310 e. The van der Waals surface area contributed by atoms with Gasteiger partial charge in [0.05, 0.1) is 22.2 Å². The molecule has 0 aromatic heterocycles. The van der Waals surface area contributed by atoms with E-state index in [2.05, 4.69) is 5.32 Å². The zero-order valence-electron chi connectivity index (χ0n) is 11.7. The molecule has 2 aliphatic rings. The molecule has 1 aromatic carbocycles. The number of hydrogen-bond donors (Lipinski definition) is 1. The lowest BCUT2D eigenvalue weighted by Crippen LogP contribution is -2.33. The van der Waals surface area contributed by atoms with Gasteiger partial charge in [-0.05, 0) is 36.9 Å². The van der Waals surface area contributed by atoms with Crippen LogP contribution in [-0.2, 0) is 19.7 Å². The second-order valence-electron chi connectivity index (χ2n) is 5.88. The van der Waals surface area contributed by atoms with Crippen molar-refractivity contribution in [1.29, 1.82) is 0 Å². The molecular formula is C14H19NO4S2. The van der Waals surface area contributed by atoms with Crippen molar-refractivity contribution in [2.75, 3.05) is 23.8 Å². The molecule has 7 heteroatoms. The van der Waals surface area contributed by atoms with Crippen molar-refractivity contribution in [2.45, 2.75) is 23.8 Å². The summed E-state index contributed by atoms with van der Waals surface area (Å²) in [4.78, 5) is 0.410. The fourth-order valence-electron chi connectivity index (χ4n) is 3.14. The quantitative estimate of drug-likeness (QED) is 0.892. The molecule has 2 atom stereocenters. The Hall–Kier alpha value is -0.920. The predicted octanol–water partition coefficient (Wildman–Crippen LogP) is 0.929. The van der Waals surface area contributed by atoms with Gasteiger partial charge < -0.3 is 5.32 Å². The van der Waals surface area contributed by atoms with E-state index < -0.39 is 19.7 Å². The van der Waals surface area contributed by atoms with Crippen LogP contribution in [0, 0.1) is 5.92 Å². The molecule has 2 heterocycles. The summed E-state index contributed by atoms with van der Waals surface area (Å²) in [5.41, 5.74) is 0.810. The topological polar surface area (TPSA) is 80.3 Å². The number of benzene rings is 1. The first-order chi connectivity index (χ1) is 9.87. The average molecular weight is 329 g/mol. The normalized spacial score (nSPS) is 29.9. The van der Waals surface area contributed by atoms with Crippen molar-refractivity contribution < 1.29 is 16.8 Å². The lowest BCUT2D eigenvalue weighted by atomic mass is 10.0. The molecule has 1 saturated heterocycles. The zero-order valence-corrected chi connectivity index (χ0v) is 13.3. The van der Waals surface area contributed by atoms with Crippen LogP contribution in [0.1, 0.15) is 24.4 Å². The molecule has 3 rings (SSSR count). The molecule has 1 N–H and O–H groups in total. The lowest BCUT2D eigenvalue weighted by molar-refractivity contribution is 0.438. The van der Waals surface area contributed by atoms with Gasteiger partial charge in [0.25, 0.3) is 0 Å². The molecule has 0 saturated carbocycles. The molecule has 2 unspecified atom stereocenters. The Labute approximate surface area is 125 Å². The second kappa shape index (κ2) is 5.37. The van der Waals surface area contributed by atoms with E-state index in [1.54, 1.807) is 12.1 Å². The average Bonchev–Trinajstić information content (AvgIpc) is 2.78. The molecule has 0 aliphatic carbocycles. The fraction of sp³-hybridized carbons (Fsp3) is 0.571. The van der Waals surface area contributed by atoms with Crippen LogP contribution < -0.4 is 5.32 Å². The van der Waals surface area contributed by atoms with Crippen molar-refractivity contribution in [3.05, 3.63) is 29.8 Å². The third kappa shape index (κ3) is 3.14. The van der Waals surface area contributed by atoms with Gasteiger partial charge in [-0.1, -0.05) is 18.2 Å². The maximum absolute atomic E-state index is 12.1. The van der Waals surface area contributed by atoms with E-state index in [4.69, 9.17) is 0 Å². The van der Waals surface area contributed by atoms with E-state index in [9.17, 15) is 16.8 Å². The van der Waals surface area contributed by atoms with Gasteiger partial charge in [-0.25, -0.2) is 16.8 Å². The highest BCUT2D eigenvalue weighted by Gasteiger charge is 2.32. The van der Waals surface area contributed by atoms with Gasteiger partial charge in [-0.3, -0.25) is 0 Å². The number of hydrogen-bond acceptors (Lipinski definition) is 5. The Bertz CT molecular complexity index is 740. The maximum atomic E-state index is 12.1. The molecule has 2 aliphatic heterocycles. The molecule has 0 radical (unpaired) electrons. The molecule has 0 spiro atoms. The first kappa shape index (κ1) is 15.0. The third-order valence-electron chi connectivity index (χ3n) is 4.28. The highest BCUT2D eigenvalue weighted by molar-refractivity contribution is 7.91. The fourth-order valence-corrected chi connectivity index (χ4v) is 6.63. The second-order valence-corrected chi connectivity index (χ2v) is 10.2. The highest BCUT2D eigenvalue weighted by atomic mass is 32.2. The van der Waals surface area contributed by atoms with Crippen molar-refractivity contribution in [1.82, 2.24) is 5.32 Å². The van der Waals surface area contributed by atoms with E-state index in [-0.39, 0.29) is 29.2 Å². The first-order valence-electron chi connectivity index (χ1n) is 7.13. The van der Waals surface area contributed by atoms with Gasteiger partial charge in [-0.15, -0.1) is 0 Å². The first-order valence-corrected chi connectivity index (χ1v) is 10.6. The SMILES string of the molecule is O=S1(=O)CCC(CNC2CCS(=O)(=O)c3ccccc32)C1. The van der Waals surface area contributed by atoms with Crippen LogP contribution in [0.5, 0.6) is 0 Å². The van der Waals surface area contributed by atoms with Crippen molar-refractivity contribution in [3.8, 4) is 0 Å². The van der Waals surface area contributed by atoms with Crippen LogP contribution in [-0.4, -0.2) is 40.6 Å². The Morgan fingerprint density at radius 1 is 1.05 bits per heavy atom. The highest BCUT2D eigenvalue weighted by Crippen LogP contribution is 2.32. The minimum absolute atomic E-state index is 0.00645. The number of nitrogens with one attached hydrogen (secondary N) is 1. The summed E-state index contributed by atoms with van der Waals surface area (Å²) in [7, 11) is -6.03. The van der Waals surface area contributed by atoms with Crippen LogP contribution in [0.25, 0.3) is 0 Å². The Morgan fingerprint density at radius 3 is 2.52 bits per heavy atom.